The SMILES string of the molecule is CCCCCCCCCCC/C=C/CCCCCO[C@H](CO)[C@H]1OC[C@H](O)[C@H]1O. The van der Waals surface area contributed by atoms with E-state index in [2.05, 4.69) is 19.1 Å². The molecule has 0 aromatic carbocycles. The van der Waals surface area contributed by atoms with Crippen molar-refractivity contribution >= 4 is 0 Å². The summed E-state index contributed by atoms with van der Waals surface area (Å²) in [6.45, 7) is 2.69. The number of aliphatic hydroxyl groups is 3. The normalized spacial score (nSPS) is 23.2. The van der Waals surface area contributed by atoms with Gasteiger partial charge in [0.1, 0.15) is 24.4 Å². The number of allylic oxidation sites excluding steroid dienone is 2. The van der Waals surface area contributed by atoms with E-state index in [-0.39, 0.29) is 13.2 Å². The summed E-state index contributed by atoms with van der Waals surface area (Å²) in [6.07, 6.45) is 19.4. The molecule has 4 atom stereocenters. The molecule has 0 spiro atoms. The highest BCUT2D eigenvalue weighted by Crippen LogP contribution is 2.20. The fraction of sp³-hybridized carbons (Fsp3) is 0.917. The van der Waals surface area contributed by atoms with Crippen molar-refractivity contribution in [2.45, 2.75) is 121 Å². The Morgan fingerprint density at radius 2 is 1.41 bits per heavy atom. The second kappa shape index (κ2) is 18.3. The highest BCUT2D eigenvalue weighted by molar-refractivity contribution is 4.88. The number of hydrogen-bond acceptors (Lipinski definition) is 5. The van der Waals surface area contributed by atoms with Crippen molar-refractivity contribution in [3.8, 4) is 0 Å². The molecular formula is C24H46O5. The van der Waals surface area contributed by atoms with E-state index in [9.17, 15) is 15.3 Å². The number of rotatable bonds is 19. The summed E-state index contributed by atoms with van der Waals surface area (Å²) in [5, 5.41) is 28.8. The molecule has 5 nitrogen and oxygen atoms in total. The van der Waals surface area contributed by atoms with Gasteiger partial charge in [0.05, 0.1) is 13.2 Å². The van der Waals surface area contributed by atoms with Crippen LogP contribution in [-0.2, 0) is 9.47 Å². The van der Waals surface area contributed by atoms with Crippen LogP contribution in [0, 0.1) is 0 Å². The Hall–Kier alpha value is -0.460. The monoisotopic (exact) mass is 414 g/mol. The molecule has 0 aromatic heterocycles. The molecule has 0 unspecified atom stereocenters. The first-order chi connectivity index (χ1) is 14.2. The van der Waals surface area contributed by atoms with Crippen molar-refractivity contribution < 1.29 is 24.8 Å². The van der Waals surface area contributed by atoms with Crippen LogP contribution in [0.1, 0.15) is 96.8 Å². The molecule has 1 aliphatic rings. The van der Waals surface area contributed by atoms with Crippen molar-refractivity contribution in [1.29, 1.82) is 0 Å². The zero-order valence-corrected chi connectivity index (χ0v) is 18.6. The third kappa shape index (κ3) is 12.7. The molecule has 5 heteroatoms. The fourth-order valence-electron chi connectivity index (χ4n) is 3.79. The second-order valence-corrected chi connectivity index (χ2v) is 8.39. The Morgan fingerprint density at radius 3 is 1.93 bits per heavy atom. The van der Waals surface area contributed by atoms with E-state index in [0.29, 0.717) is 6.61 Å². The summed E-state index contributed by atoms with van der Waals surface area (Å²) in [5.41, 5.74) is 0. The topological polar surface area (TPSA) is 79.2 Å². The van der Waals surface area contributed by atoms with Crippen LogP contribution in [0.15, 0.2) is 12.2 Å². The molecule has 0 saturated carbocycles. The Labute approximate surface area is 178 Å². The maximum atomic E-state index is 9.83. The minimum absolute atomic E-state index is 0.0943. The zero-order chi connectivity index (χ0) is 21.2. The minimum Gasteiger partial charge on any atom is -0.394 e. The number of unbranched alkanes of at least 4 members (excludes halogenated alkanes) is 12. The van der Waals surface area contributed by atoms with Crippen LogP contribution >= 0.6 is 0 Å². The predicted octanol–water partition coefficient (Wildman–Crippen LogP) is 4.52. The molecule has 0 aliphatic carbocycles. The first kappa shape index (κ1) is 26.6. The zero-order valence-electron chi connectivity index (χ0n) is 18.6. The summed E-state index contributed by atoms with van der Waals surface area (Å²) in [7, 11) is 0. The molecule has 1 aliphatic heterocycles. The number of ether oxygens (including phenoxy) is 2. The van der Waals surface area contributed by atoms with Gasteiger partial charge in [-0.15, -0.1) is 0 Å². The summed E-state index contributed by atoms with van der Waals surface area (Å²) in [4.78, 5) is 0. The van der Waals surface area contributed by atoms with Crippen molar-refractivity contribution in [1.82, 2.24) is 0 Å². The molecule has 0 aromatic rings. The van der Waals surface area contributed by atoms with Gasteiger partial charge in [-0.25, -0.2) is 0 Å². The lowest BCUT2D eigenvalue weighted by molar-refractivity contribution is -0.101. The third-order valence-electron chi connectivity index (χ3n) is 5.72. The lowest BCUT2D eigenvalue weighted by Gasteiger charge is -2.24. The van der Waals surface area contributed by atoms with Gasteiger partial charge < -0.3 is 24.8 Å². The van der Waals surface area contributed by atoms with Gasteiger partial charge in [-0.3, -0.25) is 0 Å². The molecular weight excluding hydrogens is 368 g/mol. The van der Waals surface area contributed by atoms with Gasteiger partial charge in [0, 0.05) is 6.61 Å². The van der Waals surface area contributed by atoms with Crippen LogP contribution in [0.4, 0.5) is 0 Å². The molecule has 172 valence electrons. The van der Waals surface area contributed by atoms with E-state index in [4.69, 9.17) is 9.47 Å². The summed E-state index contributed by atoms with van der Waals surface area (Å²) in [5.74, 6) is 0. The summed E-state index contributed by atoms with van der Waals surface area (Å²) < 4.78 is 11.0. The van der Waals surface area contributed by atoms with Crippen molar-refractivity contribution in [2.24, 2.45) is 0 Å². The van der Waals surface area contributed by atoms with Crippen molar-refractivity contribution in [2.75, 3.05) is 19.8 Å². The van der Waals surface area contributed by atoms with Crippen LogP contribution in [0.3, 0.4) is 0 Å². The fourth-order valence-corrected chi connectivity index (χ4v) is 3.79. The van der Waals surface area contributed by atoms with Gasteiger partial charge in [-0.05, 0) is 32.1 Å². The largest absolute Gasteiger partial charge is 0.394 e. The lowest BCUT2D eigenvalue weighted by atomic mass is 10.1. The van der Waals surface area contributed by atoms with E-state index in [1.165, 1.54) is 64.2 Å². The maximum absolute atomic E-state index is 9.83. The predicted molar refractivity (Wildman–Crippen MR) is 118 cm³/mol. The minimum atomic E-state index is -0.983. The van der Waals surface area contributed by atoms with Crippen molar-refractivity contribution in [3.05, 3.63) is 12.2 Å². The molecule has 0 bridgehead atoms. The first-order valence-corrected chi connectivity index (χ1v) is 12.1. The van der Waals surface area contributed by atoms with Crippen LogP contribution < -0.4 is 0 Å². The molecule has 0 radical (unpaired) electrons. The summed E-state index contributed by atoms with van der Waals surface area (Å²) in [6, 6.07) is 0. The molecule has 0 amide bonds. The summed E-state index contributed by atoms with van der Waals surface area (Å²) >= 11 is 0. The highest BCUT2D eigenvalue weighted by atomic mass is 16.6. The number of hydrogen-bond donors (Lipinski definition) is 3. The van der Waals surface area contributed by atoms with Gasteiger partial charge in [0.2, 0.25) is 0 Å². The van der Waals surface area contributed by atoms with Gasteiger partial charge in [0.25, 0.3) is 0 Å². The maximum Gasteiger partial charge on any atom is 0.114 e. The van der Waals surface area contributed by atoms with Crippen molar-refractivity contribution in [3.63, 3.8) is 0 Å². The van der Waals surface area contributed by atoms with Crippen LogP contribution in [0.5, 0.6) is 0 Å². The smallest absolute Gasteiger partial charge is 0.114 e. The quantitative estimate of drug-likeness (QED) is 0.214. The van der Waals surface area contributed by atoms with E-state index in [0.717, 1.165) is 25.7 Å². The lowest BCUT2D eigenvalue weighted by Crippen LogP contribution is -2.42. The van der Waals surface area contributed by atoms with Crippen LogP contribution in [0.25, 0.3) is 0 Å². The first-order valence-electron chi connectivity index (χ1n) is 12.1. The highest BCUT2D eigenvalue weighted by Gasteiger charge is 2.40. The third-order valence-corrected chi connectivity index (χ3v) is 5.72. The Morgan fingerprint density at radius 1 is 0.862 bits per heavy atom. The average Bonchev–Trinajstić information content (AvgIpc) is 3.06. The molecule has 1 fully saturated rings. The molecule has 29 heavy (non-hydrogen) atoms. The Bertz CT molecular complexity index is 387. The van der Waals surface area contributed by atoms with E-state index < -0.39 is 24.4 Å². The van der Waals surface area contributed by atoms with Gasteiger partial charge in [-0.2, -0.15) is 0 Å². The van der Waals surface area contributed by atoms with Crippen LogP contribution in [-0.4, -0.2) is 59.6 Å². The Balaban J connectivity index is 1.86. The second-order valence-electron chi connectivity index (χ2n) is 8.39. The van der Waals surface area contributed by atoms with E-state index >= 15 is 0 Å². The van der Waals surface area contributed by atoms with Gasteiger partial charge >= 0.3 is 0 Å². The van der Waals surface area contributed by atoms with E-state index in [1.54, 1.807) is 0 Å². The molecule has 3 N–H and O–H groups in total. The Kier molecular flexibility index (Phi) is 16.8. The molecule has 1 rings (SSSR count). The number of aliphatic hydroxyl groups excluding tert-OH is 3. The standard InChI is InChI=1S/C24H46O5/c1-2-3-4-5-6-7-8-9-10-11-12-13-14-15-16-17-18-28-22(19-25)24-23(27)21(26)20-29-24/h12-13,21-27H,2-11,14-20H2,1H3/b13-12+/t21-,22+,23+,24+/m0/s1. The van der Waals surface area contributed by atoms with E-state index in [1.807, 2.05) is 0 Å². The average molecular weight is 415 g/mol. The van der Waals surface area contributed by atoms with Crippen LogP contribution in [0.2, 0.25) is 0 Å². The van der Waals surface area contributed by atoms with Gasteiger partial charge in [-0.1, -0.05) is 76.9 Å². The molecule has 1 heterocycles. The van der Waals surface area contributed by atoms with Gasteiger partial charge in [0.15, 0.2) is 0 Å². The molecule has 1 saturated heterocycles.